The molecule has 2 aromatic rings. The molecule has 0 aromatic heterocycles. The van der Waals surface area contributed by atoms with Gasteiger partial charge in [0, 0.05) is 11.4 Å². The Bertz CT molecular complexity index is 773. The second-order valence-electron chi connectivity index (χ2n) is 4.83. The lowest BCUT2D eigenvalue weighted by molar-refractivity contribution is -0.136. The lowest BCUT2D eigenvalue weighted by atomic mass is 10.1. The van der Waals surface area contributed by atoms with Crippen molar-refractivity contribution in [1.82, 2.24) is 0 Å². The molecule has 22 heavy (non-hydrogen) atoms. The van der Waals surface area contributed by atoms with Gasteiger partial charge >= 0.3 is 5.97 Å². The molecule has 116 valence electrons. The number of carbonyl (C=O) groups is 1. The molecule has 0 fully saturated rings. The van der Waals surface area contributed by atoms with Crippen LogP contribution in [0.25, 0.3) is 0 Å². The molecule has 2 aromatic carbocycles. The van der Waals surface area contributed by atoms with E-state index in [1.165, 1.54) is 12.1 Å². The van der Waals surface area contributed by atoms with Gasteiger partial charge in [0.25, 0.3) is 0 Å². The van der Waals surface area contributed by atoms with Crippen LogP contribution in [0, 0.1) is 0 Å². The van der Waals surface area contributed by atoms with Gasteiger partial charge in [0.05, 0.1) is 12.2 Å². The highest BCUT2D eigenvalue weighted by atomic mass is 32.2. The number of sulfonamides is 1. The number of anilines is 2. The van der Waals surface area contributed by atoms with Gasteiger partial charge in [0.15, 0.2) is 0 Å². The number of hydrogen-bond donors (Lipinski definition) is 3. The van der Waals surface area contributed by atoms with E-state index in [1.807, 2.05) is 0 Å². The van der Waals surface area contributed by atoms with Crippen molar-refractivity contribution in [2.75, 3.05) is 10.5 Å². The van der Waals surface area contributed by atoms with Crippen LogP contribution in [0.4, 0.5) is 11.4 Å². The van der Waals surface area contributed by atoms with Crippen molar-refractivity contribution in [2.24, 2.45) is 0 Å². The molecule has 0 saturated heterocycles. The molecule has 4 N–H and O–H groups in total. The number of nitrogens with one attached hydrogen (secondary N) is 1. The number of carboxylic acid groups (broad SMARTS) is 1. The van der Waals surface area contributed by atoms with E-state index in [-0.39, 0.29) is 17.9 Å². The lowest BCUT2D eigenvalue weighted by Crippen LogP contribution is -2.16. The normalized spacial score (nSPS) is 11.1. The third kappa shape index (κ3) is 4.49. The summed E-state index contributed by atoms with van der Waals surface area (Å²) in [5.74, 6) is -1.24. The molecule has 0 spiro atoms. The molecule has 0 heterocycles. The van der Waals surface area contributed by atoms with Gasteiger partial charge in [0.2, 0.25) is 10.0 Å². The van der Waals surface area contributed by atoms with Crippen molar-refractivity contribution >= 4 is 27.4 Å². The Kier molecular flexibility index (Phi) is 4.67. The molecule has 0 atom stereocenters. The minimum atomic E-state index is -3.59. The molecule has 0 amide bonds. The van der Waals surface area contributed by atoms with Gasteiger partial charge in [-0.3, -0.25) is 9.52 Å². The number of carboxylic acids is 1. The van der Waals surface area contributed by atoms with E-state index in [9.17, 15) is 13.2 Å². The van der Waals surface area contributed by atoms with Gasteiger partial charge < -0.3 is 10.8 Å². The van der Waals surface area contributed by atoms with Gasteiger partial charge in [-0.1, -0.05) is 30.3 Å². The van der Waals surface area contributed by atoms with Crippen LogP contribution >= 0.6 is 0 Å². The van der Waals surface area contributed by atoms with Gasteiger partial charge in [-0.25, -0.2) is 8.42 Å². The number of nitrogens with two attached hydrogens (primary N) is 1. The first-order valence-electron chi connectivity index (χ1n) is 6.50. The fourth-order valence-corrected chi connectivity index (χ4v) is 3.23. The molecular formula is C15H16N2O4S. The highest BCUT2D eigenvalue weighted by Gasteiger charge is 2.14. The molecule has 2 rings (SSSR count). The summed E-state index contributed by atoms with van der Waals surface area (Å²) < 4.78 is 26.7. The third-order valence-corrected chi connectivity index (χ3v) is 4.20. The summed E-state index contributed by atoms with van der Waals surface area (Å²) in [7, 11) is -3.59. The average molecular weight is 320 g/mol. The minimum absolute atomic E-state index is 0.153. The first-order valence-corrected chi connectivity index (χ1v) is 8.15. The van der Waals surface area contributed by atoms with E-state index in [0.29, 0.717) is 16.8 Å². The maximum absolute atomic E-state index is 12.1. The molecule has 6 nitrogen and oxygen atoms in total. The van der Waals surface area contributed by atoms with Crippen LogP contribution in [0.15, 0.2) is 48.5 Å². The standard InChI is InChI=1S/C15H16N2O4S/c16-14-8-11(9-15(18)19)6-7-12(14)10-22(20,21)17-13-4-2-1-3-5-13/h1-8,17H,9-10,16H2,(H,18,19). The molecule has 0 saturated carbocycles. The van der Waals surface area contributed by atoms with Gasteiger partial charge in [0.1, 0.15) is 0 Å². The van der Waals surface area contributed by atoms with Crippen molar-refractivity contribution in [3.05, 3.63) is 59.7 Å². The number of hydrogen-bond acceptors (Lipinski definition) is 4. The molecule has 0 bridgehead atoms. The number of benzene rings is 2. The summed E-state index contributed by atoms with van der Waals surface area (Å²) in [4.78, 5) is 10.7. The van der Waals surface area contributed by atoms with Crippen LogP contribution in [0.5, 0.6) is 0 Å². The number of rotatable bonds is 6. The first-order chi connectivity index (χ1) is 10.4. The monoisotopic (exact) mass is 320 g/mol. The van der Waals surface area contributed by atoms with Crippen molar-refractivity contribution in [3.8, 4) is 0 Å². The summed E-state index contributed by atoms with van der Waals surface area (Å²) in [5.41, 5.74) is 7.51. The zero-order valence-electron chi connectivity index (χ0n) is 11.7. The van der Waals surface area contributed by atoms with E-state index in [0.717, 1.165) is 0 Å². The SMILES string of the molecule is Nc1cc(CC(=O)O)ccc1CS(=O)(=O)Nc1ccccc1. The number of aliphatic carboxylic acids is 1. The van der Waals surface area contributed by atoms with Gasteiger partial charge in [-0.15, -0.1) is 0 Å². The van der Waals surface area contributed by atoms with Crippen LogP contribution in [-0.2, 0) is 27.0 Å². The Hall–Kier alpha value is -2.54. The van der Waals surface area contributed by atoms with Gasteiger partial charge in [-0.2, -0.15) is 0 Å². The predicted octanol–water partition coefficient (Wildman–Crippen LogP) is 1.84. The summed E-state index contributed by atoms with van der Waals surface area (Å²) in [6.07, 6.45) is -0.153. The fraction of sp³-hybridized carbons (Fsp3) is 0.133. The second kappa shape index (κ2) is 6.48. The van der Waals surface area contributed by atoms with E-state index in [1.54, 1.807) is 36.4 Å². The molecule has 0 aliphatic carbocycles. The predicted molar refractivity (Wildman–Crippen MR) is 84.9 cm³/mol. The van der Waals surface area contributed by atoms with E-state index in [2.05, 4.69) is 4.72 Å². The number of para-hydroxylation sites is 1. The Labute approximate surface area is 128 Å². The van der Waals surface area contributed by atoms with Crippen LogP contribution in [0.1, 0.15) is 11.1 Å². The van der Waals surface area contributed by atoms with E-state index < -0.39 is 16.0 Å². The Balaban J connectivity index is 2.14. The van der Waals surface area contributed by atoms with Crippen LogP contribution < -0.4 is 10.5 Å². The van der Waals surface area contributed by atoms with Crippen LogP contribution in [0.2, 0.25) is 0 Å². The summed E-state index contributed by atoms with van der Waals surface area (Å²) in [5, 5.41) is 8.73. The molecular weight excluding hydrogens is 304 g/mol. The van der Waals surface area contributed by atoms with Crippen molar-refractivity contribution in [2.45, 2.75) is 12.2 Å². The first kappa shape index (κ1) is 15.8. The molecule has 0 radical (unpaired) electrons. The highest BCUT2D eigenvalue weighted by Crippen LogP contribution is 2.19. The minimum Gasteiger partial charge on any atom is -0.481 e. The summed E-state index contributed by atoms with van der Waals surface area (Å²) in [6, 6.07) is 13.1. The van der Waals surface area contributed by atoms with Crippen molar-refractivity contribution in [1.29, 1.82) is 0 Å². The zero-order chi connectivity index (χ0) is 16.2. The van der Waals surface area contributed by atoms with Crippen LogP contribution in [-0.4, -0.2) is 19.5 Å². The Morgan fingerprint density at radius 3 is 2.41 bits per heavy atom. The van der Waals surface area contributed by atoms with Crippen molar-refractivity contribution in [3.63, 3.8) is 0 Å². The zero-order valence-corrected chi connectivity index (χ0v) is 12.5. The average Bonchev–Trinajstić information content (AvgIpc) is 2.42. The second-order valence-corrected chi connectivity index (χ2v) is 6.55. The smallest absolute Gasteiger partial charge is 0.307 e. The van der Waals surface area contributed by atoms with Crippen molar-refractivity contribution < 1.29 is 18.3 Å². The topological polar surface area (TPSA) is 109 Å². The maximum atomic E-state index is 12.1. The van der Waals surface area contributed by atoms with E-state index in [4.69, 9.17) is 10.8 Å². The quantitative estimate of drug-likeness (QED) is 0.704. The molecule has 0 aliphatic heterocycles. The summed E-state index contributed by atoms with van der Waals surface area (Å²) >= 11 is 0. The fourth-order valence-electron chi connectivity index (χ4n) is 1.99. The van der Waals surface area contributed by atoms with Crippen LogP contribution in [0.3, 0.4) is 0 Å². The largest absolute Gasteiger partial charge is 0.481 e. The van der Waals surface area contributed by atoms with Gasteiger partial charge in [-0.05, 0) is 29.3 Å². The highest BCUT2D eigenvalue weighted by molar-refractivity contribution is 7.91. The number of nitrogen functional groups attached to an aromatic ring is 1. The maximum Gasteiger partial charge on any atom is 0.307 e. The molecule has 7 heteroatoms. The third-order valence-electron chi connectivity index (χ3n) is 2.96. The molecule has 0 aliphatic rings. The Morgan fingerprint density at radius 2 is 1.82 bits per heavy atom. The molecule has 0 unspecified atom stereocenters. The van der Waals surface area contributed by atoms with E-state index >= 15 is 0 Å². The lowest BCUT2D eigenvalue weighted by Gasteiger charge is -2.10. The summed E-state index contributed by atoms with van der Waals surface area (Å²) in [6.45, 7) is 0. The Morgan fingerprint density at radius 1 is 1.14 bits per heavy atom.